The maximum absolute atomic E-state index is 5.99. The van der Waals surface area contributed by atoms with E-state index in [4.69, 9.17) is 16.3 Å². The maximum Gasteiger partial charge on any atom is 0.254 e. The molecule has 1 atom stereocenters. The molecule has 0 fully saturated rings. The Hall–Kier alpha value is -1.55. The van der Waals surface area contributed by atoms with Gasteiger partial charge in [-0.05, 0) is 0 Å². The second kappa shape index (κ2) is 4.11. The summed E-state index contributed by atoms with van der Waals surface area (Å²) >= 11 is 5.99. The summed E-state index contributed by atoms with van der Waals surface area (Å²) in [6, 6.07) is 9.49. The zero-order valence-corrected chi connectivity index (χ0v) is 7.98. The molecule has 1 aromatic heterocycles. The second-order valence-electron chi connectivity index (χ2n) is 2.66. The predicted octanol–water partition coefficient (Wildman–Crippen LogP) is 2.12. The highest BCUT2D eigenvalue weighted by Crippen LogP contribution is 2.22. The fourth-order valence-electron chi connectivity index (χ4n) is 1.03. The number of H-pyrrole nitrogens is 1. The molecule has 0 amide bonds. The summed E-state index contributed by atoms with van der Waals surface area (Å²) in [6.07, 6.45) is 1.54. The molecule has 0 spiro atoms. The third-order valence-electron chi connectivity index (χ3n) is 1.68. The molecule has 4 nitrogen and oxygen atoms in total. The van der Waals surface area contributed by atoms with Gasteiger partial charge >= 0.3 is 0 Å². The van der Waals surface area contributed by atoms with Gasteiger partial charge in [-0.3, -0.25) is 5.10 Å². The van der Waals surface area contributed by atoms with Gasteiger partial charge < -0.3 is 4.74 Å². The number of hydrogen-bond donors (Lipinski definition) is 1. The number of rotatable bonds is 3. The fourth-order valence-corrected chi connectivity index (χ4v) is 1.26. The van der Waals surface area contributed by atoms with Crippen LogP contribution in [0.1, 0.15) is 11.1 Å². The minimum atomic E-state index is -0.540. The Bertz CT molecular complexity index is 376. The second-order valence-corrected chi connectivity index (χ2v) is 3.05. The summed E-state index contributed by atoms with van der Waals surface area (Å²) in [6.45, 7) is 0. The Labute approximate surface area is 85.9 Å². The van der Waals surface area contributed by atoms with Crippen molar-refractivity contribution in [3.8, 4) is 5.88 Å². The molecule has 2 rings (SSSR count). The zero-order valence-electron chi connectivity index (χ0n) is 7.22. The van der Waals surface area contributed by atoms with Crippen LogP contribution in [-0.2, 0) is 0 Å². The Kier molecular flexibility index (Phi) is 2.65. The number of halogens is 1. The number of ether oxygens (including phenoxy) is 1. The maximum atomic E-state index is 5.99. The largest absolute Gasteiger partial charge is 0.451 e. The first kappa shape index (κ1) is 9.02. The van der Waals surface area contributed by atoms with E-state index >= 15 is 0 Å². The number of alkyl halides is 1. The molecule has 0 aliphatic carbocycles. The standard InChI is InChI=1S/C9H8ClN3O/c10-9(7-4-2-1-3-5-7)14-8-6-11-13-12-8/h1-6,9H,(H,11,12,13). The van der Waals surface area contributed by atoms with Gasteiger partial charge in [-0.2, -0.15) is 0 Å². The van der Waals surface area contributed by atoms with Crippen molar-refractivity contribution in [1.29, 1.82) is 0 Å². The lowest BCUT2D eigenvalue weighted by Gasteiger charge is -2.09. The summed E-state index contributed by atoms with van der Waals surface area (Å²) in [7, 11) is 0. The Morgan fingerprint density at radius 2 is 2.07 bits per heavy atom. The molecule has 5 heteroatoms. The Balaban J connectivity index is 2.07. The normalized spacial score (nSPS) is 12.4. The summed E-state index contributed by atoms with van der Waals surface area (Å²) < 4.78 is 5.30. The number of aromatic amines is 1. The molecular formula is C9H8ClN3O. The molecule has 1 N–H and O–H groups in total. The van der Waals surface area contributed by atoms with Gasteiger partial charge in [0.05, 0.1) is 6.20 Å². The minimum absolute atomic E-state index is 0.383. The third kappa shape index (κ3) is 2.03. The average Bonchev–Trinajstić information content (AvgIpc) is 2.72. The SMILES string of the molecule is ClC(Oc1c[nH]nn1)c1ccccc1. The molecule has 1 unspecified atom stereocenters. The van der Waals surface area contributed by atoms with Crippen LogP contribution in [0, 0.1) is 0 Å². The highest BCUT2D eigenvalue weighted by atomic mass is 35.5. The average molecular weight is 210 g/mol. The van der Waals surface area contributed by atoms with E-state index in [-0.39, 0.29) is 0 Å². The molecular weight excluding hydrogens is 202 g/mol. The minimum Gasteiger partial charge on any atom is -0.451 e. The van der Waals surface area contributed by atoms with E-state index in [1.54, 1.807) is 6.20 Å². The summed E-state index contributed by atoms with van der Waals surface area (Å²) in [5, 5.41) is 9.72. The molecule has 0 radical (unpaired) electrons. The van der Waals surface area contributed by atoms with E-state index in [1.807, 2.05) is 30.3 Å². The molecule has 0 bridgehead atoms. The zero-order chi connectivity index (χ0) is 9.80. The third-order valence-corrected chi connectivity index (χ3v) is 2.02. The predicted molar refractivity (Wildman–Crippen MR) is 52.0 cm³/mol. The molecule has 0 aliphatic rings. The Morgan fingerprint density at radius 1 is 1.29 bits per heavy atom. The van der Waals surface area contributed by atoms with Crippen LogP contribution in [0.15, 0.2) is 36.5 Å². The van der Waals surface area contributed by atoms with Crippen molar-refractivity contribution in [2.24, 2.45) is 0 Å². The van der Waals surface area contributed by atoms with Gasteiger partial charge in [0.25, 0.3) is 5.88 Å². The van der Waals surface area contributed by atoms with E-state index in [1.165, 1.54) is 0 Å². The van der Waals surface area contributed by atoms with Gasteiger partial charge in [0, 0.05) is 5.56 Å². The van der Waals surface area contributed by atoms with Crippen LogP contribution in [0.5, 0.6) is 5.88 Å². The van der Waals surface area contributed by atoms with Crippen LogP contribution in [0.25, 0.3) is 0 Å². The van der Waals surface area contributed by atoms with Crippen molar-refractivity contribution >= 4 is 11.6 Å². The molecule has 0 saturated carbocycles. The van der Waals surface area contributed by atoms with Crippen molar-refractivity contribution in [1.82, 2.24) is 15.4 Å². The van der Waals surface area contributed by atoms with Crippen molar-refractivity contribution in [3.63, 3.8) is 0 Å². The number of hydrogen-bond acceptors (Lipinski definition) is 3. The quantitative estimate of drug-likeness (QED) is 0.788. The molecule has 1 aromatic carbocycles. The fraction of sp³-hybridized carbons (Fsp3) is 0.111. The van der Waals surface area contributed by atoms with Crippen LogP contribution in [0.2, 0.25) is 0 Å². The van der Waals surface area contributed by atoms with E-state index in [2.05, 4.69) is 15.4 Å². The van der Waals surface area contributed by atoms with E-state index in [0.717, 1.165) is 5.56 Å². The van der Waals surface area contributed by atoms with E-state index in [0.29, 0.717) is 5.88 Å². The van der Waals surface area contributed by atoms with Crippen LogP contribution in [-0.4, -0.2) is 15.4 Å². The first-order valence-corrected chi connectivity index (χ1v) is 4.52. The van der Waals surface area contributed by atoms with Crippen molar-refractivity contribution in [2.45, 2.75) is 5.56 Å². The van der Waals surface area contributed by atoms with Gasteiger partial charge in [-0.25, -0.2) is 0 Å². The lowest BCUT2D eigenvalue weighted by molar-refractivity contribution is 0.276. The van der Waals surface area contributed by atoms with Crippen LogP contribution < -0.4 is 4.74 Å². The number of aromatic nitrogens is 3. The molecule has 0 saturated heterocycles. The highest BCUT2D eigenvalue weighted by molar-refractivity contribution is 6.20. The van der Waals surface area contributed by atoms with Crippen molar-refractivity contribution in [2.75, 3.05) is 0 Å². The summed E-state index contributed by atoms with van der Waals surface area (Å²) in [5.74, 6) is 0.383. The number of nitrogens with zero attached hydrogens (tertiary/aromatic N) is 2. The highest BCUT2D eigenvalue weighted by Gasteiger charge is 2.09. The van der Waals surface area contributed by atoms with Crippen LogP contribution in [0.4, 0.5) is 0 Å². The van der Waals surface area contributed by atoms with Gasteiger partial charge in [0.1, 0.15) is 0 Å². The topological polar surface area (TPSA) is 50.8 Å². The van der Waals surface area contributed by atoms with E-state index in [9.17, 15) is 0 Å². The van der Waals surface area contributed by atoms with Crippen molar-refractivity contribution < 1.29 is 4.74 Å². The molecule has 1 heterocycles. The smallest absolute Gasteiger partial charge is 0.254 e. The lowest BCUT2D eigenvalue weighted by atomic mass is 10.2. The first-order chi connectivity index (χ1) is 6.86. The van der Waals surface area contributed by atoms with E-state index < -0.39 is 5.56 Å². The molecule has 72 valence electrons. The van der Waals surface area contributed by atoms with Gasteiger partial charge in [0.2, 0.25) is 0 Å². The van der Waals surface area contributed by atoms with Crippen LogP contribution >= 0.6 is 11.6 Å². The number of benzene rings is 1. The van der Waals surface area contributed by atoms with Gasteiger partial charge in [-0.1, -0.05) is 52.2 Å². The molecule has 14 heavy (non-hydrogen) atoms. The monoisotopic (exact) mass is 209 g/mol. The summed E-state index contributed by atoms with van der Waals surface area (Å²) in [5.41, 5.74) is 0.346. The van der Waals surface area contributed by atoms with Gasteiger partial charge in [0.15, 0.2) is 5.56 Å². The molecule has 2 aromatic rings. The summed E-state index contributed by atoms with van der Waals surface area (Å²) in [4.78, 5) is 0. The lowest BCUT2D eigenvalue weighted by Crippen LogP contribution is -2.00. The van der Waals surface area contributed by atoms with Crippen LogP contribution in [0.3, 0.4) is 0 Å². The Morgan fingerprint density at radius 3 is 2.71 bits per heavy atom. The van der Waals surface area contributed by atoms with Crippen molar-refractivity contribution in [3.05, 3.63) is 42.1 Å². The first-order valence-electron chi connectivity index (χ1n) is 4.08. The number of nitrogens with one attached hydrogen (secondary N) is 1. The van der Waals surface area contributed by atoms with Gasteiger partial charge in [-0.15, -0.1) is 0 Å². The molecule has 0 aliphatic heterocycles.